The molecule has 0 atom stereocenters. The zero-order valence-corrected chi connectivity index (χ0v) is 18.3. The van der Waals surface area contributed by atoms with Crippen LogP contribution in [0.4, 0.5) is 0 Å². The van der Waals surface area contributed by atoms with E-state index in [2.05, 4.69) is 13.8 Å². The van der Waals surface area contributed by atoms with Crippen LogP contribution < -0.4 is 0 Å². The minimum atomic E-state index is -0.250. The summed E-state index contributed by atoms with van der Waals surface area (Å²) in [4.78, 5) is 20.7. The first-order chi connectivity index (χ1) is 9.35. The van der Waals surface area contributed by atoms with Gasteiger partial charge in [0.25, 0.3) is 0 Å². The van der Waals surface area contributed by atoms with Gasteiger partial charge < -0.3 is 33.6 Å². The van der Waals surface area contributed by atoms with Crippen molar-refractivity contribution in [1.29, 1.82) is 0 Å². The number of carbonyl (C=O) groups excluding carboxylic acids is 2. The summed E-state index contributed by atoms with van der Waals surface area (Å²) in [5.41, 5.74) is -0.500. The molecule has 0 aliphatic carbocycles. The molecule has 0 aromatic heterocycles. The van der Waals surface area contributed by atoms with Crippen LogP contribution in [0.25, 0.3) is 0 Å². The summed E-state index contributed by atoms with van der Waals surface area (Å²) in [6.45, 7) is 24.5. The zero-order valence-electron chi connectivity index (χ0n) is 16.8. The summed E-state index contributed by atoms with van der Waals surface area (Å²) in [5.74, 6) is -0.0139. The summed E-state index contributed by atoms with van der Waals surface area (Å²) < 4.78 is 0. The number of aliphatic hydroxyl groups is 2. The predicted molar refractivity (Wildman–Crippen MR) is 94.3 cm³/mol. The Balaban J connectivity index is -0.0000000639. The third kappa shape index (κ3) is 61.5. The molecule has 0 aromatic carbocycles. The molecule has 0 saturated heterocycles. The quantitative estimate of drug-likeness (QED) is 0.507. The van der Waals surface area contributed by atoms with Crippen LogP contribution in [0, 0.1) is 24.7 Å². The van der Waals surface area contributed by atoms with Crippen molar-refractivity contribution < 1.29 is 41.5 Å². The molecule has 138 valence electrons. The van der Waals surface area contributed by atoms with E-state index in [0.29, 0.717) is 0 Å². The second-order valence-corrected chi connectivity index (χ2v) is 7.53. The van der Waals surface area contributed by atoms with Crippen LogP contribution in [-0.2, 0) is 31.3 Å². The topological polar surface area (TPSA) is 74.6 Å². The fraction of sp³-hybridized carbons (Fsp3) is 0.778. The minimum absolute atomic E-state index is 0. The Hall–Kier alpha value is -0.286. The SMILES string of the molecule is CC(C)O.CC(C)O.[CH2-]C(=O)C(C)(C)C.[CH2-]C(=O)C(C)(C)C.[Ti+2]. The number of hydrogen-bond acceptors (Lipinski definition) is 4. The molecule has 0 bridgehead atoms. The third-order valence-corrected chi connectivity index (χ3v) is 1.67. The van der Waals surface area contributed by atoms with Gasteiger partial charge in [-0.15, -0.1) is 0 Å². The largest absolute Gasteiger partial charge is 2.00 e. The molecule has 0 saturated carbocycles. The van der Waals surface area contributed by atoms with Crippen molar-refractivity contribution in [3.8, 4) is 0 Å². The maximum absolute atomic E-state index is 10.4. The van der Waals surface area contributed by atoms with Crippen molar-refractivity contribution in [2.24, 2.45) is 10.8 Å². The Labute approximate surface area is 159 Å². The molecular formula is C18H38O4Ti. The zero-order chi connectivity index (χ0) is 19.3. The summed E-state index contributed by atoms with van der Waals surface area (Å²) in [6, 6.07) is 0. The van der Waals surface area contributed by atoms with Gasteiger partial charge >= 0.3 is 21.7 Å². The normalized spacial score (nSPS) is 10.0. The van der Waals surface area contributed by atoms with E-state index in [1.54, 1.807) is 27.7 Å². The second-order valence-electron chi connectivity index (χ2n) is 7.53. The van der Waals surface area contributed by atoms with E-state index in [-0.39, 0.29) is 56.3 Å². The van der Waals surface area contributed by atoms with Crippen molar-refractivity contribution in [3.05, 3.63) is 13.8 Å². The van der Waals surface area contributed by atoms with E-state index >= 15 is 0 Å². The first kappa shape index (κ1) is 34.1. The third-order valence-electron chi connectivity index (χ3n) is 1.67. The Bertz CT molecular complexity index is 249. The molecule has 0 fully saturated rings. The molecule has 0 aliphatic heterocycles. The summed E-state index contributed by atoms with van der Waals surface area (Å²) >= 11 is 0. The van der Waals surface area contributed by atoms with E-state index in [0.717, 1.165) is 0 Å². The van der Waals surface area contributed by atoms with Gasteiger partial charge in [-0.1, -0.05) is 41.5 Å². The molecule has 0 radical (unpaired) electrons. The first-order valence-corrected chi connectivity index (χ1v) is 7.44. The molecule has 0 spiro atoms. The molecule has 0 unspecified atom stereocenters. The van der Waals surface area contributed by atoms with Gasteiger partial charge in [0.2, 0.25) is 0 Å². The summed E-state index contributed by atoms with van der Waals surface area (Å²) in [6.07, 6.45) is -0.333. The molecule has 0 aromatic rings. The van der Waals surface area contributed by atoms with E-state index in [1.165, 1.54) is 0 Å². The number of hydrogen-bond donors (Lipinski definition) is 2. The average molecular weight is 366 g/mol. The standard InChI is InChI=1S/2C6H11O.2C3H8O.Ti/c2*1-5(7)6(2,3)4;2*1-3(2)4;/h2*1H2,2-4H3;2*3-4H,1-2H3;/q2*-1;;;+2. The van der Waals surface area contributed by atoms with Crippen LogP contribution in [-0.4, -0.2) is 34.0 Å². The Morgan fingerprint density at radius 2 is 0.739 bits per heavy atom. The van der Waals surface area contributed by atoms with E-state index in [4.69, 9.17) is 10.2 Å². The van der Waals surface area contributed by atoms with Crippen molar-refractivity contribution in [2.75, 3.05) is 0 Å². The van der Waals surface area contributed by atoms with Crippen LogP contribution in [0.1, 0.15) is 69.2 Å². The average Bonchev–Trinajstić information content (AvgIpc) is 2.12. The molecule has 4 nitrogen and oxygen atoms in total. The van der Waals surface area contributed by atoms with Gasteiger partial charge in [-0.2, -0.15) is 0 Å². The maximum Gasteiger partial charge on any atom is 2.00 e. The number of rotatable bonds is 0. The smallest absolute Gasteiger partial charge is 0.394 e. The van der Waals surface area contributed by atoms with Crippen molar-refractivity contribution in [2.45, 2.75) is 81.4 Å². The molecule has 0 rings (SSSR count). The van der Waals surface area contributed by atoms with Crippen molar-refractivity contribution >= 4 is 11.6 Å². The van der Waals surface area contributed by atoms with E-state index < -0.39 is 0 Å². The van der Waals surface area contributed by atoms with Gasteiger partial charge in [0, 0.05) is 23.8 Å². The Morgan fingerprint density at radius 1 is 0.696 bits per heavy atom. The summed E-state index contributed by atoms with van der Waals surface area (Å²) in [5, 5.41) is 16.1. The van der Waals surface area contributed by atoms with E-state index in [1.807, 2.05) is 41.5 Å². The van der Waals surface area contributed by atoms with Crippen molar-refractivity contribution in [1.82, 2.24) is 0 Å². The van der Waals surface area contributed by atoms with Crippen LogP contribution in [0.3, 0.4) is 0 Å². The van der Waals surface area contributed by atoms with Crippen molar-refractivity contribution in [3.63, 3.8) is 0 Å². The van der Waals surface area contributed by atoms with Gasteiger partial charge in [0.05, 0.1) is 0 Å². The van der Waals surface area contributed by atoms with Gasteiger partial charge in [0.1, 0.15) is 0 Å². The fourth-order valence-electron chi connectivity index (χ4n) is 0. The number of Topliss-reactive ketones (excluding diaryl/α,β-unsaturated/α-hetero) is 2. The molecule has 0 heterocycles. The van der Waals surface area contributed by atoms with Gasteiger partial charge in [0.15, 0.2) is 0 Å². The summed E-state index contributed by atoms with van der Waals surface area (Å²) in [7, 11) is 0. The van der Waals surface area contributed by atoms with Crippen LogP contribution in [0.2, 0.25) is 0 Å². The van der Waals surface area contributed by atoms with Gasteiger partial charge in [-0.05, 0) is 38.5 Å². The monoisotopic (exact) mass is 366 g/mol. The molecular weight excluding hydrogens is 328 g/mol. The molecule has 5 heteroatoms. The molecule has 23 heavy (non-hydrogen) atoms. The van der Waals surface area contributed by atoms with Crippen LogP contribution in [0.5, 0.6) is 0 Å². The number of carbonyl (C=O) groups is 2. The Kier molecular flexibility index (Phi) is 24.6. The number of ketones is 2. The Morgan fingerprint density at radius 3 is 0.739 bits per heavy atom. The first-order valence-electron chi connectivity index (χ1n) is 7.44. The van der Waals surface area contributed by atoms with E-state index in [9.17, 15) is 9.59 Å². The second kappa shape index (κ2) is 16.6. The number of aliphatic hydroxyl groups excluding tert-OH is 2. The minimum Gasteiger partial charge on any atom is -0.394 e. The maximum atomic E-state index is 10.4. The predicted octanol–water partition coefficient (Wildman–Crippen LogP) is 3.64. The fourth-order valence-corrected chi connectivity index (χ4v) is 0. The van der Waals surface area contributed by atoms with Crippen LogP contribution >= 0.6 is 0 Å². The molecule has 0 aliphatic rings. The molecule has 2 N–H and O–H groups in total. The van der Waals surface area contributed by atoms with Gasteiger partial charge in [-0.25, -0.2) is 0 Å². The van der Waals surface area contributed by atoms with Gasteiger partial charge in [-0.3, -0.25) is 0 Å². The molecule has 0 amide bonds. The van der Waals surface area contributed by atoms with Crippen LogP contribution in [0.15, 0.2) is 0 Å².